The minimum absolute atomic E-state index is 0.0602. The summed E-state index contributed by atoms with van der Waals surface area (Å²) in [5, 5.41) is 3.03. The predicted molar refractivity (Wildman–Crippen MR) is 87.1 cm³/mol. The van der Waals surface area contributed by atoms with Gasteiger partial charge in [0.2, 0.25) is 10.0 Å². The standard InChI is InChI=1S/C14H25N3O2S2/c1-14(6-8-17(3)9-7-14)11-16-21(18,19)13-5-4-12(20-13)10-15-2/h4-5,15-16H,6-11H2,1-3H3. The van der Waals surface area contributed by atoms with Crippen LogP contribution in [0.15, 0.2) is 16.3 Å². The summed E-state index contributed by atoms with van der Waals surface area (Å²) in [6, 6.07) is 3.56. The highest BCUT2D eigenvalue weighted by molar-refractivity contribution is 7.91. The Balaban J connectivity index is 1.97. The van der Waals surface area contributed by atoms with E-state index in [2.05, 4.69) is 28.9 Å². The average molecular weight is 332 g/mol. The van der Waals surface area contributed by atoms with Crippen LogP contribution in [-0.2, 0) is 16.6 Å². The molecule has 1 aliphatic rings. The van der Waals surface area contributed by atoms with Crippen LogP contribution in [0.2, 0.25) is 0 Å². The van der Waals surface area contributed by atoms with Gasteiger partial charge >= 0.3 is 0 Å². The van der Waals surface area contributed by atoms with E-state index in [1.807, 2.05) is 13.1 Å². The lowest BCUT2D eigenvalue weighted by Gasteiger charge is -2.37. The van der Waals surface area contributed by atoms with Gasteiger partial charge in [-0.2, -0.15) is 0 Å². The van der Waals surface area contributed by atoms with Crippen molar-refractivity contribution in [3.63, 3.8) is 0 Å². The first-order valence-corrected chi connectivity index (χ1v) is 9.56. The summed E-state index contributed by atoms with van der Waals surface area (Å²) >= 11 is 1.33. The monoisotopic (exact) mass is 331 g/mol. The Hall–Kier alpha value is -0.470. The molecule has 1 fully saturated rings. The van der Waals surface area contributed by atoms with Crippen LogP contribution >= 0.6 is 11.3 Å². The van der Waals surface area contributed by atoms with Crippen molar-refractivity contribution in [1.29, 1.82) is 0 Å². The minimum atomic E-state index is -3.38. The highest BCUT2D eigenvalue weighted by Crippen LogP contribution is 2.30. The van der Waals surface area contributed by atoms with Crippen molar-refractivity contribution in [2.75, 3.05) is 33.7 Å². The smallest absolute Gasteiger partial charge is 0.250 e. The van der Waals surface area contributed by atoms with E-state index in [-0.39, 0.29) is 5.41 Å². The van der Waals surface area contributed by atoms with Crippen molar-refractivity contribution in [2.24, 2.45) is 5.41 Å². The third-order valence-electron chi connectivity index (χ3n) is 4.14. The van der Waals surface area contributed by atoms with Crippen molar-refractivity contribution in [3.05, 3.63) is 17.0 Å². The normalized spacial score (nSPS) is 19.8. The Morgan fingerprint density at radius 3 is 2.62 bits per heavy atom. The maximum absolute atomic E-state index is 12.4. The highest BCUT2D eigenvalue weighted by Gasteiger charge is 2.30. The molecule has 1 aromatic rings. The lowest BCUT2D eigenvalue weighted by molar-refractivity contribution is 0.143. The highest BCUT2D eigenvalue weighted by atomic mass is 32.2. The molecule has 1 aromatic heterocycles. The van der Waals surface area contributed by atoms with Gasteiger partial charge in [-0.3, -0.25) is 0 Å². The Kier molecular flexibility index (Phi) is 5.43. The van der Waals surface area contributed by atoms with Crippen LogP contribution in [-0.4, -0.2) is 47.0 Å². The van der Waals surface area contributed by atoms with Crippen molar-refractivity contribution in [2.45, 2.75) is 30.5 Å². The van der Waals surface area contributed by atoms with E-state index in [1.165, 1.54) is 11.3 Å². The summed E-state index contributed by atoms with van der Waals surface area (Å²) < 4.78 is 27.9. The van der Waals surface area contributed by atoms with Gasteiger partial charge in [0.25, 0.3) is 0 Å². The van der Waals surface area contributed by atoms with Crippen LogP contribution in [0.4, 0.5) is 0 Å². The third kappa shape index (κ3) is 4.50. The van der Waals surface area contributed by atoms with E-state index in [0.717, 1.165) is 30.8 Å². The fraction of sp³-hybridized carbons (Fsp3) is 0.714. The van der Waals surface area contributed by atoms with E-state index in [9.17, 15) is 8.42 Å². The summed E-state index contributed by atoms with van der Waals surface area (Å²) in [5.41, 5.74) is 0.0602. The molecule has 0 amide bonds. The molecule has 2 N–H and O–H groups in total. The SMILES string of the molecule is CNCc1ccc(S(=O)(=O)NCC2(C)CCN(C)CC2)s1. The molecule has 120 valence electrons. The molecular formula is C14H25N3O2S2. The minimum Gasteiger partial charge on any atom is -0.315 e. The fourth-order valence-corrected chi connectivity index (χ4v) is 5.06. The first-order chi connectivity index (χ1) is 9.85. The van der Waals surface area contributed by atoms with Crippen molar-refractivity contribution in [1.82, 2.24) is 14.9 Å². The molecule has 0 bridgehead atoms. The first-order valence-electron chi connectivity index (χ1n) is 7.26. The quantitative estimate of drug-likeness (QED) is 0.829. The summed E-state index contributed by atoms with van der Waals surface area (Å²) in [5.74, 6) is 0. The molecule has 0 unspecified atom stereocenters. The number of nitrogens with zero attached hydrogens (tertiary/aromatic N) is 1. The Morgan fingerprint density at radius 2 is 2.00 bits per heavy atom. The molecule has 0 radical (unpaired) electrons. The summed E-state index contributed by atoms with van der Waals surface area (Å²) in [7, 11) is 0.582. The molecule has 0 aromatic carbocycles. The van der Waals surface area contributed by atoms with Crippen molar-refractivity contribution in [3.8, 4) is 0 Å². The number of rotatable bonds is 6. The van der Waals surface area contributed by atoms with Gasteiger partial charge in [-0.1, -0.05) is 6.92 Å². The van der Waals surface area contributed by atoms with Gasteiger partial charge in [0, 0.05) is 18.0 Å². The van der Waals surface area contributed by atoms with Crippen LogP contribution in [0.3, 0.4) is 0 Å². The third-order valence-corrected chi connectivity index (χ3v) is 7.11. The Labute approximate surface area is 131 Å². The number of sulfonamides is 1. The molecule has 0 aliphatic carbocycles. The Bertz CT molecular complexity index is 561. The predicted octanol–water partition coefficient (Wildman–Crippen LogP) is 1.48. The van der Waals surface area contributed by atoms with Gasteiger partial charge in [-0.05, 0) is 57.6 Å². The molecule has 7 heteroatoms. The zero-order chi connectivity index (χ0) is 15.5. The summed E-state index contributed by atoms with van der Waals surface area (Å²) in [6.45, 7) is 5.45. The molecule has 0 saturated carbocycles. The van der Waals surface area contributed by atoms with Gasteiger partial charge in [0.15, 0.2) is 0 Å². The van der Waals surface area contributed by atoms with Gasteiger partial charge in [0.05, 0.1) is 0 Å². The molecule has 1 saturated heterocycles. The van der Waals surface area contributed by atoms with E-state index >= 15 is 0 Å². The average Bonchev–Trinajstić information content (AvgIpc) is 2.91. The summed E-state index contributed by atoms with van der Waals surface area (Å²) in [6.07, 6.45) is 2.06. The maximum atomic E-state index is 12.4. The second-order valence-corrected chi connectivity index (χ2v) is 9.35. The molecule has 5 nitrogen and oxygen atoms in total. The molecule has 0 spiro atoms. The second-order valence-electron chi connectivity index (χ2n) is 6.19. The molecule has 0 atom stereocenters. The van der Waals surface area contributed by atoms with Crippen molar-refractivity contribution < 1.29 is 8.42 Å². The zero-order valence-electron chi connectivity index (χ0n) is 13.0. The molecule has 1 aliphatic heterocycles. The van der Waals surface area contributed by atoms with Crippen LogP contribution in [0.5, 0.6) is 0 Å². The van der Waals surface area contributed by atoms with E-state index < -0.39 is 10.0 Å². The van der Waals surface area contributed by atoms with E-state index in [4.69, 9.17) is 0 Å². The van der Waals surface area contributed by atoms with Crippen LogP contribution < -0.4 is 10.0 Å². The van der Waals surface area contributed by atoms with E-state index in [0.29, 0.717) is 17.3 Å². The number of thiophene rings is 1. The number of nitrogens with one attached hydrogen (secondary N) is 2. The van der Waals surface area contributed by atoms with Crippen molar-refractivity contribution >= 4 is 21.4 Å². The number of piperidine rings is 1. The topological polar surface area (TPSA) is 61.4 Å². The molecule has 2 rings (SSSR count). The van der Waals surface area contributed by atoms with Crippen LogP contribution in [0, 0.1) is 5.41 Å². The van der Waals surface area contributed by atoms with Gasteiger partial charge in [0.1, 0.15) is 4.21 Å². The van der Waals surface area contributed by atoms with Crippen LogP contribution in [0.25, 0.3) is 0 Å². The van der Waals surface area contributed by atoms with Crippen LogP contribution in [0.1, 0.15) is 24.6 Å². The zero-order valence-corrected chi connectivity index (χ0v) is 14.6. The first kappa shape index (κ1) is 16.9. The lowest BCUT2D eigenvalue weighted by atomic mass is 9.81. The molecule has 2 heterocycles. The van der Waals surface area contributed by atoms with E-state index in [1.54, 1.807) is 6.07 Å². The van der Waals surface area contributed by atoms with Gasteiger partial charge in [-0.25, -0.2) is 13.1 Å². The lowest BCUT2D eigenvalue weighted by Crippen LogP contribution is -2.43. The maximum Gasteiger partial charge on any atom is 0.250 e. The fourth-order valence-electron chi connectivity index (χ4n) is 2.45. The molecule has 21 heavy (non-hydrogen) atoms. The Morgan fingerprint density at radius 1 is 1.33 bits per heavy atom. The number of likely N-dealkylation sites (tertiary alicyclic amines) is 1. The number of hydrogen-bond donors (Lipinski definition) is 2. The number of hydrogen-bond acceptors (Lipinski definition) is 5. The van der Waals surface area contributed by atoms with Gasteiger partial charge < -0.3 is 10.2 Å². The molecular weight excluding hydrogens is 306 g/mol. The largest absolute Gasteiger partial charge is 0.315 e. The van der Waals surface area contributed by atoms with Gasteiger partial charge in [-0.15, -0.1) is 11.3 Å². The second kappa shape index (κ2) is 6.75. The summed E-state index contributed by atoms with van der Waals surface area (Å²) in [4.78, 5) is 3.32.